The minimum atomic E-state index is 0.771. The maximum Gasteiger partial charge on any atom is 0.00796 e. The van der Waals surface area contributed by atoms with Gasteiger partial charge in [0.2, 0.25) is 0 Å². The third-order valence-corrected chi connectivity index (χ3v) is 4.25. The number of hydrogen-bond acceptors (Lipinski definition) is 2. The lowest BCUT2D eigenvalue weighted by Crippen LogP contribution is -2.25. The molecule has 2 heteroatoms. The fourth-order valence-electron chi connectivity index (χ4n) is 2.39. The van der Waals surface area contributed by atoms with Crippen LogP contribution in [0.1, 0.15) is 41.9 Å². The highest BCUT2D eigenvalue weighted by atomic mass is 32.1. The first kappa shape index (κ1) is 10.2. The Morgan fingerprint density at radius 3 is 2.93 bits per heavy atom. The minimum Gasteiger partial charge on any atom is -0.314 e. The molecular weight excluding hydrogens is 190 g/mol. The van der Waals surface area contributed by atoms with Crippen LogP contribution in [0.2, 0.25) is 0 Å². The van der Waals surface area contributed by atoms with Crippen LogP contribution in [0.3, 0.4) is 0 Å². The zero-order valence-electron chi connectivity index (χ0n) is 9.05. The van der Waals surface area contributed by atoms with E-state index >= 15 is 0 Å². The molecule has 1 heterocycles. The van der Waals surface area contributed by atoms with Gasteiger partial charge in [-0.05, 0) is 50.8 Å². The lowest BCUT2D eigenvalue weighted by Gasteiger charge is -2.10. The molecule has 1 aliphatic rings. The Bertz CT molecular complexity index is 292. The van der Waals surface area contributed by atoms with E-state index in [-0.39, 0.29) is 0 Å². The summed E-state index contributed by atoms with van der Waals surface area (Å²) in [6.45, 7) is 5.51. The SMILES string of the molecule is CCNC1CCC(c2ccc(C)s2)C1. The lowest BCUT2D eigenvalue weighted by atomic mass is 10.1. The van der Waals surface area contributed by atoms with E-state index in [4.69, 9.17) is 0 Å². The van der Waals surface area contributed by atoms with Crippen LogP contribution in [0, 0.1) is 6.92 Å². The minimum absolute atomic E-state index is 0.771. The molecule has 2 rings (SSSR count). The Morgan fingerprint density at radius 2 is 2.29 bits per heavy atom. The van der Waals surface area contributed by atoms with E-state index < -0.39 is 0 Å². The Balaban J connectivity index is 1.95. The van der Waals surface area contributed by atoms with Gasteiger partial charge in [-0.2, -0.15) is 0 Å². The molecule has 1 aromatic rings. The molecule has 14 heavy (non-hydrogen) atoms. The van der Waals surface area contributed by atoms with Crippen LogP contribution in [0.4, 0.5) is 0 Å². The first-order valence-corrected chi connectivity index (χ1v) is 6.41. The molecule has 0 saturated heterocycles. The third-order valence-electron chi connectivity index (χ3n) is 3.09. The van der Waals surface area contributed by atoms with Crippen molar-refractivity contribution in [3.63, 3.8) is 0 Å². The van der Waals surface area contributed by atoms with Gasteiger partial charge in [-0.15, -0.1) is 11.3 Å². The summed E-state index contributed by atoms with van der Waals surface area (Å²) in [5.74, 6) is 0.831. The zero-order chi connectivity index (χ0) is 9.97. The quantitative estimate of drug-likeness (QED) is 0.805. The highest BCUT2D eigenvalue weighted by Gasteiger charge is 2.25. The van der Waals surface area contributed by atoms with E-state index in [9.17, 15) is 0 Å². The second-order valence-corrected chi connectivity index (χ2v) is 5.53. The highest BCUT2D eigenvalue weighted by molar-refractivity contribution is 7.12. The van der Waals surface area contributed by atoms with E-state index in [0.717, 1.165) is 18.5 Å². The van der Waals surface area contributed by atoms with Gasteiger partial charge < -0.3 is 5.32 Å². The van der Waals surface area contributed by atoms with Gasteiger partial charge in [0.25, 0.3) is 0 Å². The van der Waals surface area contributed by atoms with E-state index in [1.54, 1.807) is 4.88 Å². The number of hydrogen-bond donors (Lipinski definition) is 1. The molecule has 0 spiro atoms. The molecule has 0 bridgehead atoms. The molecule has 1 saturated carbocycles. The summed E-state index contributed by atoms with van der Waals surface area (Å²) in [7, 11) is 0. The predicted molar refractivity (Wildman–Crippen MR) is 63.1 cm³/mol. The molecule has 0 aromatic carbocycles. The van der Waals surface area contributed by atoms with E-state index in [1.165, 1.54) is 24.1 Å². The second-order valence-electron chi connectivity index (χ2n) is 4.21. The summed E-state index contributed by atoms with van der Waals surface area (Å²) >= 11 is 1.98. The number of thiophene rings is 1. The fourth-order valence-corrected chi connectivity index (χ4v) is 3.41. The van der Waals surface area contributed by atoms with Crippen LogP contribution < -0.4 is 5.32 Å². The average Bonchev–Trinajstić information content (AvgIpc) is 2.74. The van der Waals surface area contributed by atoms with Crippen LogP contribution >= 0.6 is 11.3 Å². The smallest absolute Gasteiger partial charge is 0.00796 e. The topological polar surface area (TPSA) is 12.0 Å². The zero-order valence-corrected chi connectivity index (χ0v) is 9.86. The third kappa shape index (κ3) is 2.18. The molecular formula is C12H19NS. The van der Waals surface area contributed by atoms with Crippen molar-refractivity contribution >= 4 is 11.3 Å². The van der Waals surface area contributed by atoms with Crippen molar-refractivity contribution in [1.29, 1.82) is 0 Å². The average molecular weight is 209 g/mol. The van der Waals surface area contributed by atoms with Gasteiger partial charge >= 0.3 is 0 Å². The summed E-state index contributed by atoms with van der Waals surface area (Å²) in [6.07, 6.45) is 4.07. The first-order valence-electron chi connectivity index (χ1n) is 5.59. The van der Waals surface area contributed by atoms with Crippen LogP contribution in [-0.4, -0.2) is 12.6 Å². The van der Waals surface area contributed by atoms with Gasteiger partial charge in [-0.3, -0.25) is 0 Å². The monoisotopic (exact) mass is 209 g/mol. The van der Waals surface area contributed by atoms with Crippen LogP contribution in [0.15, 0.2) is 12.1 Å². The lowest BCUT2D eigenvalue weighted by molar-refractivity contribution is 0.536. The predicted octanol–water partition coefficient (Wildman–Crippen LogP) is 3.30. The van der Waals surface area contributed by atoms with E-state index in [0.29, 0.717) is 0 Å². The molecule has 0 amide bonds. The summed E-state index contributed by atoms with van der Waals surface area (Å²) in [5.41, 5.74) is 0. The van der Waals surface area contributed by atoms with Crippen LogP contribution in [0.25, 0.3) is 0 Å². The molecule has 2 unspecified atom stereocenters. The normalized spacial score (nSPS) is 27.0. The number of nitrogens with one attached hydrogen (secondary N) is 1. The van der Waals surface area contributed by atoms with Crippen LogP contribution in [-0.2, 0) is 0 Å². The molecule has 1 N–H and O–H groups in total. The van der Waals surface area contributed by atoms with Crippen molar-refractivity contribution in [3.05, 3.63) is 21.9 Å². The summed E-state index contributed by atoms with van der Waals surface area (Å²) in [6, 6.07) is 5.34. The van der Waals surface area contributed by atoms with Gasteiger partial charge in [0.05, 0.1) is 0 Å². The van der Waals surface area contributed by atoms with E-state index in [1.807, 2.05) is 11.3 Å². The largest absolute Gasteiger partial charge is 0.314 e. The standard InChI is InChI=1S/C12H19NS/c1-3-13-11-6-5-10(8-11)12-7-4-9(2)14-12/h4,7,10-11,13H,3,5-6,8H2,1-2H3. The van der Waals surface area contributed by atoms with Gasteiger partial charge in [-0.25, -0.2) is 0 Å². The molecule has 1 fully saturated rings. The van der Waals surface area contributed by atoms with Gasteiger partial charge in [0.1, 0.15) is 0 Å². The first-order chi connectivity index (χ1) is 6.79. The van der Waals surface area contributed by atoms with Gasteiger partial charge in [-0.1, -0.05) is 6.92 Å². The molecule has 0 aliphatic heterocycles. The number of aryl methyl sites for hydroxylation is 1. The highest BCUT2D eigenvalue weighted by Crippen LogP contribution is 2.37. The van der Waals surface area contributed by atoms with Crippen molar-refractivity contribution in [2.75, 3.05) is 6.54 Å². The second kappa shape index (κ2) is 4.45. The van der Waals surface area contributed by atoms with Crippen LogP contribution in [0.5, 0.6) is 0 Å². The molecule has 1 aliphatic carbocycles. The van der Waals surface area contributed by atoms with E-state index in [2.05, 4.69) is 31.3 Å². The van der Waals surface area contributed by atoms with Gasteiger partial charge in [0, 0.05) is 15.8 Å². The fraction of sp³-hybridized carbons (Fsp3) is 0.667. The number of rotatable bonds is 3. The van der Waals surface area contributed by atoms with Crippen molar-refractivity contribution in [3.8, 4) is 0 Å². The molecule has 1 aromatic heterocycles. The summed E-state index contributed by atoms with van der Waals surface area (Å²) in [5, 5.41) is 3.56. The molecule has 0 radical (unpaired) electrons. The van der Waals surface area contributed by atoms with Gasteiger partial charge in [0.15, 0.2) is 0 Å². The summed E-state index contributed by atoms with van der Waals surface area (Å²) < 4.78 is 0. The molecule has 2 atom stereocenters. The Kier molecular flexibility index (Phi) is 3.24. The van der Waals surface area contributed by atoms with Crippen molar-refractivity contribution in [1.82, 2.24) is 5.32 Å². The van der Waals surface area contributed by atoms with Crippen molar-refractivity contribution in [2.45, 2.75) is 45.1 Å². The summed E-state index contributed by atoms with van der Waals surface area (Å²) in [4.78, 5) is 3.05. The van der Waals surface area contributed by atoms with Crippen molar-refractivity contribution < 1.29 is 0 Å². The van der Waals surface area contributed by atoms with Crippen molar-refractivity contribution in [2.24, 2.45) is 0 Å². The Hall–Kier alpha value is -0.340. The maximum atomic E-state index is 3.56. The molecule has 78 valence electrons. The maximum absolute atomic E-state index is 3.56. The Labute approximate surface area is 90.5 Å². The Morgan fingerprint density at radius 1 is 1.43 bits per heavy atom. The molecule has 1 nitrogen and oxygen atoms in total.